The summed E-state index contributed by atoms with van der Waals surface area (Å²) in [6.45, 7) is 6.42. The van der Waals surface area contributed by atoms with Crippen molar-refractivity contribution in [1.29, 1.82) is 0 Å². The molecule has 20 heavy (non-hydrogen) atoms. The number of hydrogen-bond donors (Lipinski definition) is 1. The lowest BCUT2D eigenvalue weighted by Crippen LogP contribution is -2.25. The van der Waals surface area contributed by atoms with Gasteiger partial charge in [-0.25, -0.2) is 0 Å². The van der Waals surface area contributed by atoms with Gasteiger partial charge in [-0.15, -0.1) is 0 Å². The van der Waals surface area contributed by atoms with Gasteiger partial charge in [0.2, 0.25) is 0 Å². The summed E-state index contributed by atoms with van der Waals surface area (Å²) in [5, 5.41) is 3.47. The smallest absolute Gasteiger partial charge is 0.123 e. The van der Waals surface area contributed by atoms with Crippen LogP contribution in [0.1, 0.15) is 31.2 Å². The maximum atomic E-state index is 5.73. The van der Waals surface area contributed by atoms with Crippen LogP contribution >= 0.6 is 0 Å². The van der Waals surface area contributed by atoms with E-state index in [0.29, 0.717) is 12.5 Å². The van der Waals surface area contributed by atoms with Crippen LogP contribution < -0.4 is 5.32 Å². The second-order valence-corrected chi connectivity index (χ2v) is 5.24. The fraction of sp³-hybridized carbons (Fsp3) is 0.438. The molecule has 1 unspecified atom stereocenters. The lowest BCUT2D eigenvalue weighted by Gasteiger charge is -2.17. The van der Waals surface area contributed by atoms with Crippen LogP contribution in [0, 0.1) is 5.92 Å². The van der Waals surface area contributed by atoms with Crippen molar-refractivity contribution < 1.29 is 9.15 Å². The molecule has 108 valence electrons. The van der Waals surface area contributed by atoms with Gasteiger partial charge < -0.3 is 14.5 Å². The highest BCUT2D eigenvalue weighted by Gasteiger charge is 2.14. The molecule has 0 radical (unpaired) electrons. The van der Waals surface area contributed by atoms with Gasteiger partial charge in [-0.3, -0.25) is 4.98 Å². The summed E-state index contributed by atoms with van der Waals surface area (Å²) in [7, 11) is 0. The molecule has 0 fully saturated rings. The van der Waals surface area contributed by atoms with Crippen LogP contribution in [0.4, 0.5) is 0 Å². The minimum absolute atomic E-state index is 0.0666. The Hall–Kier alpha value is -1.65. The van der Waals surface area contributed by atoms with Crippen molar-refractivity contribution in [2.75, 3.05) is 13.2 Å². The zero-order valence-electron chi connectivity index (χ0n) is 12.1. The molecular formula is C16H22N2O2. The Balaban J connectivity index is 1.89. The second kappa shape index (κ2) is 7.82. The number of furan rings is 1. The minimum Gasteiger partial charge on any atom is -0.468 e. The van der Waals surface area contributed by atoms with E-state index in [-0.39, 0.29) is 6.04 Å². The summed E-state index contributed by atoms with van der Waals surface area (Å²) >= 11 is 0. The van der Waals surface area contributed by atoms with E-state index in [9.17, 15) is 0 Å². The number of rotatable bonds is 8. The monoisotopic (exact) mass is 274 g/mol. The molecule has 0 saturated heterocycles. The molecule has 0 bridgehead atoms. The molecule has 1 N–H and O–H groups in total. The summed E-state index contributed by atoms with van der Waals surface area (Å²) in [4.78, 5) is 4.02. The first-order valence-corrected chi connectivity index (χ1v) is 6.99. The molecule has 0 aliphatic rings. The van der Waals surface area contributed by atoms with Gasteiger partial charge in [0.05, 0.1) is 18.9 Å². The van der Waals surface area contributed by atoms with Crippen LogP contribution in [-0.4, -0.2) is 18.2 Å². The third-order valence-electron chi connectivity index (χ3n) is 2.92. The average Bonchev–Trinajstić information content (AvgIpc) is 2.97. The van der Waals surface area contributed by atoms with Gasteiger partial charge >= 0.3 is 0 Å². The van der Waals surface area contributed by atoms with Crippen molar-refractivity contribution in [2.24, 2.45) is 5.92 Å². The Kier molecular flexibility index (Phi) is 5.77. The summed E-state index contributed by atoms with van der Waals surface area (Å²) in [6.07, 6.45) is 5.29. The quantitative estimate of drug-likeness (QED) is 0.803. The van der Waals surface area contributed by atoms with Crippen LogP contribution in [0.2, 0.25) is 0 Å². The molecule has 2 heterocycles. The van der Waals surface area contributed by atoms with Crippen molar-refractivity contribution in [3.63, 3.8) is 0 Å². The third-order valence-corrected chi connectivity index (χ3v) is 2.92. The van der Waals surface area contributed by atoms with Crippen molar-refractivity contribution >= 4 is 0 Å². The van der Waals surface area contributed by atoms with E-state index in [4.69, 9.17) is 9.15 Å². The highest BCUT2D eigenvalue weighted by atomic mass is 16.5. The maximum Gasteiger partial charge on any atom is 0.123 e. The SMILES string of the molecule is CC(C)COCC(NCc1ccncc1)c1ccco1. The Bertz CT molecular complexity index is 468. The fourth-order valence-electron chi connectivity index (χ4n) is 1.89. The zero-order chi connectivity index (χ0) is 14.2. The summed E-state index contributed by atoms with van der Waals surface area (Å²) in [5.41, 5.74) is 1.19. The summed E-state index contributed by atoms with van der Waals surface area (Å²) in [5.74, 6) is 1.44. The lowest BCUT2D eigenvalue weighted by molar-refractivity contribution is 0.0844. The first-order chi connectivity index (χ1) is 9.75. The van der Waals surface area contributed by atoms with Crippen LogP contribution in [-0.2, 0) is 11.3 Å². The number of hydrogen-bond acceptors (Lipinski definition) is 4. The number of pyridine rings is 1. The van der Waals surface area contributed by atoms with Crippen LogP contribution in [0.15, 0.2) is 47.3 Å². The van der Waals surface area contributed by atoms with E-state index in [1.807, 2.05) is 24.3 Å². The molecule has 1 atom stereocenters. The summed E-state index contributed by atoms with van der Waals surface area (Å²) in [6, 6.07) is 7.95. The van der Waals surface area contributed by atoms with Gasteiger partial charge in [-0.2, -0.15) is 0 Å². The Labute approximate surface area is 120 Å². The van der Waals surface area contributed by atoms with Crippen LogP contribution in [0.3, 0.4) is 0 Å². The molecule has 2 aromatic rings. The third kappa shape index (κ3) is 4.79. The van der Waals surface area contributed by atoms with E-state index >= 15 is 0 Å². The molecule has 0 aromatic carbocycles. The van der Waals surface area contributed by atoms with Gasteiger partial charge in [-0.05, 0) is 35.7 Å². The largest absolute Gasteiger partial charge is 0.468 e. The highest BCUT2D eigenvalue weighted by Crippen LogP contribution is 2.15. The molecule has 2 aromatic heterocycles. The van der Waals surface area contributed by atoms with Gasteiger partial charge in [0, 0.05) is 25.5 Å². The second-order valence-electron chi connectivity index (χ2n) is 5.24. The van der Waals surface area contributed by atoms with Crippen molar-refractivity contribution in [3.8, 4) is 0 Å². The topological polar surface area (TPSA) is 47.3 Å². The Morgan fingerprint density at radius 2 is 2.00 bits per heavy atom. The summed E-state index contributed by atoms with van der Waals surface area (Å²) < 4.78 is 11.2. The van der Waals surface area contributed by atoms with E-state index < -0.39 is 0 Å². The molecule has 2 rings (SSSR count). The predicted molar refractivity (Wildman–Crippen MR) is 78.2 cm³/mol. The minimum atomic E-state index is 0.0666. The Morgan fingerprint density at radius 1 is 1.20 bits per heavy atom. The predicted octanol–water partition coefficient (Wildman–Crippen LogP) is 3.18. The number of nitrogens with one attached hydrogen (secondary N) is 1. The van der Waals surface area contributed by atoms with Crippen molar-refractivity contribution in [3.05, 3.63) is 54.2 Å². The number of nitrogens with zero attached hydrogens (tertiary/aromatic N) is 1. The molecular weight excluding hydrogens is 252 g/mol. The maximum absolute atomic E-state index is 5.73. The molecule has 0 amide bonds. The standard InChI is InChI=1S/C16H22N2O2/c1-13(2)11-19-12-15(16-4-3-9-20-16)18-10-14-5-7-17-8-6-14/h3-9,13,15,18H,10-12H2,1-2H3. The van der Waals surface area contributed by atoms with Gasteiger partial charge in [0.25, 0.3) is 0 Å². The fourth-order valence-corrected chi connectivity index (χ4v) is 1.89. The molecule has 4 nitrogen and oxygen atoms in total. The number of aromatic nitrogens is 1. The first-order valence-electron chi connectivity index (χ1n) is 6.99. The zero-order valence-corrected chi connectivity index (χ0v) is 12.1. The molecule has 0 spiro atoms. The Morgan fingerprint density at radius 3 is 2.65 bits per heavy atom. The van der Waals surface area contributed by atoms with Crippen LogP contribution in [0.25, 0.3) is 0 Å². The van der Waals surface area contributed by atoms with E-state index in [0.717, 1.165) is 18.9 Å². The molecule has 0 saturated carbocycles. The average molecular weight is 274 g/mol. The normalized spacial score (nSPS) is 12.8. The van der Waals surface area contributed by atoms with Crippen molar-refractivity contribution in [2.45, 2.75) is 26.4 Å². The van der Waals surface area contributed by atoms with E-state index in [2.05, 4.69) is 24.1 Å². The lowest BCUT2D eigenvalue weighted by atomic mass is 10.2. The van der Waals surface area contributed by atoms with Crippen molar-refractivity contribution in [1.82, 2.24) is 10.3 Å². The van der Waals surface area contributed by atoms with Gasteiger partial charge in [0.15, 0.2) is 0 Å². The highest BCUT2D eigenvalue weighted by molar-refractivity contribution is 5.11. The number of ether oxygens (including phenoxy) is 1. The van der Waals surface area contributed by atoms with Crippen LogP contribution in [0.5, 0.6) is 0 Å². The molecule has 0 aliphatic carbocycles. The van der Waals surface area contributed by atoms with E-state index in [1.54, 1.807) is 18.7 Å². The molecule has 0 aliphatic heterocycles. The van der Waals surface area contributed by atoms with E-state index in [1.165, 1.54) is 5.56 Å². The molecule has 4 heteroatoms. The van der Waals surface area contributed by atoms with Gasteiger partial charge in [0.1, 0.15) is 5.76 Å². The first kappa shape index (κ1) is 14.8. The van der Waals surface area contributed by atoms with Gasteiger partial charge in [-0.1, -0.05) is 13.8 Å².